The summed E-state index contributed by atoms with van der Waals surface area (Å²) in [6, 6.07) is 2.35. The maximum Gasteiger partial charge on any atom is 0.140 e. The van der Waals surface area contributed by atoms with Crippen LogP contribution in [0.25, 0.3) is 10.2 Å². The minimum atomic E-state index is 0.252. The van der Waals surface area contributed by atoms with E-state index in [0.29, 0.717) is 5.92 Å². The lowest BCUT2D eigenvalue weighted by atomic mass is 9.96. The minimum Gasteiger partial charge on any atom is -0.354 e. The van der Waals surface area contributed by atoms with Gasteiger partial charge < -0.3 is 10.6 Å². The third-order valence-corrected chi connectivity index (χ3v) is 4.05. The van der Waals surface area contributed by atoms with E-state index < -0.39 is 0 Å². The number of nitrogens with zero attached hydrogens (tertiary/aromatic N) is 3. The van der Waals surface area contributed by atoms with E-state index in [1.165, 1.54) is 0 Å². The Morgan fingerprint density at radius 1 is 1.41 bits per heavy atom. The van der Waals surface area contributed by atoms with E-state index in [1.807, 2.05) is 0 Å². The molecule has 2 aromatic heterocycles. The molecule has 1 aliphatic rings. The van der Waals surface area contributed by atoms with Gasteiger partial charge in [-0.15, -0.1) is 11.3 Å². The molecular weight excluding hydrogens is 232 g/mol. The standard InChI is InChI=1S/C12H16N4S/c1-8-4-9(13)6-16(5-8)11-10-2-3-17-12(10)15-7-14-11/h2-3,7-9H,4-6,13H2,1H3. The number of fused-ring (bicyclic) bond motifs is 1. The lowest BCUT2D eigenvalue weighted by Crippen LogP contribution is -2.46. The van der Waals surface area contributed by atoms with Crippen molar-refractivity contribution in [3.05, 3.63) is 17.8 Å². The van der Waals surface area contributed by atoms with Gasteiger partial charge in [-0.2, -0.15) is 0 Å². The highest BCUT2D eigenvalue weighted by Crippen LogP contribution is 2.29. The monoisotopic (exact) mass is 248 g/mol. The predicted octanol–water partition coefficient (Wildman–Crippen LogP) is 1.86. The zero-order chi connectivity index (χ0) is 11.8. The number of aromatic nitrogens is 2. The summed E-state index contributed by atoms with van der Waals surface area (Å²) in [6.07, 6.45) is 2.76. The number of hydrogen-bond acceptors (Lipinski definition) is 5. The van der Waals surface area contributed by atoms with Crippen molar-refractivity contribution in [1.29, 1.82) is 0 Å². The van der Waals surface area contributed by atoms with Gasteiger partial charge in [0.05, 0.1) is 5.39 Å². The van der Waals surface area contributed by atoms with E-state index in [4.69, 9.17) is 5.73 Å². The molecule has 4 nitrogen and oxygen atoms in total. The van der Waals surface area contributed by atoms with Crippen LogP contribution in [-0.2, 0) is 0 Å². The van der Waals surface area contributed by atoms with Crippen molar-refractivity contribution in [2.45, 2.75) is 19.4 Å². The lowest BCUT2D eigenvalue weighted by Gasteiger charge is -2.35. The molecule has 90 valence electrons. The summed E-state index contributed by atoms with van der Waals surface area (Å²) >= 11 is 1.66. The number of hydrogen-bond donors (Lipinski definition) is 1. The second-order valence-electron chi connectivity index (χ2n) is 4.84. The van der Waals surface area contributed by atoms with E-state index in [9.17, 15) is 0 Å². The van der Waals surface area contributed by atoms with Gasteiger partial charge in [0.2, 0.25) is 0 Å². The fourth-order valence-electron chi connectivity index (χ4n) is 2.60. The molecule has 0 amide bonds. The Morgan fingerprint density at radius 3 is 3.12 bits per heavy atom. The van der Waals surface area contributed by atoms with Crippen molar-refractivity contribution in [1.82, 2.24) is 9.97 Å². The highest BCUT2D eigenvalue weighted by atomic mass is 32.1. The molecule has 2 aromatic rings. The zero-order valence-corrected chi connectivity index (χ0v) is 10.7. The first-order chi connectivity index (χ1) is 8.24. The van der Waals surface area contributed by atoms with Crippen LogP contribution in [0.1, 0.15) is 13.3 Å². The number of anilines is 1. The molecule has 17 heavy (non-hydrogen) atoms. The molecule has 1 saturated heterocycles. The molecule has 0 spiro atoms. The zero-order valence-electron chi connectivity index (χ0n) is 9.84. The Labute approximate surface area is 104 Å². The van der Waals surface area contributed by atoms with Crippen LogP contribution in [0.5, 0.6) is 0 Å². The summed E-state index contributed by atoms with van der Waals surface area (Å²) in [5, 5.41) is 3.22. The Hall–Kier alpha value is -1.20. The van der Waals surface area contributed by atoms with Gasteiger partial charge in [-0.1, -0.05) is 6.92 Å². The maximum atomic E-state index is 6.09. The SMILES string of the molecule is CC1CC(N)CN(c2ncnc3sccc23)C1. The van der Waals surface area contributed by atoms with Gasteiger partial charge >= 0.3 is 0 Å². The summed E-state index contributed by atoms with van der Waals surface area (Å²) in [6.45, 7) is 4.18. The molecule has 1 aliphatic heterocycles. The van der Waals surface area contributed by atoms with Gasteiger partial charge in [-0.05, 0) is 23.8 Å². The van der Waals surface area contributed by atoms with Crippen molar-refractivity contribution >= 4 is 27.4 Å². The molecule has 0 aliphatic carbocycles. The van der Waals surface area contributed by atoms with Gasteiger partial charge in [0.25, 0.3) is 0 Å². The van der Waals surface area contributed by atoms with E-state index in [0.717, 1.165) is 35.5 Å². The molecule has 0 radical (unpaired) electrons. The fourth-order valence-corrected chi connectivity index (χ4v) is 3.33. The Morgan fingerprint density at radius 2 is 2.29 bits per heavy atom. The van der Waals surface area contributed by atoms with Crippen molar-refractivity contribution in [3.8, 4) is 0 Å². The quantitative estimate of drug-likeness (QED) is 0.837. The molecule has 0 aromatic carbocycles. The van der Waals surface area contributed by atoms with E-state index in [2.05, 4.69) is 33.2 Å². The van der Waals surface area contributed by atoms with Crippen LogP contribution in [0.4, 0.5) is 5.82 Å². The third-order valence-electron chi connectivity index (χ3n) is 3.23. The topological polar surface area (TPSA) is 55.0 Å². The van der Waals surface area contributed by atoms with E-state index >= 15 is 0 Å². The second-order valence-corrected chi connectivity index (χ2v) is 5.74. The summed E-state index contributed by atoms with van der Waals surface area (Å²) in [5.74, 6) is 1.67. The molecule has 3 rings (SSSR count). The smallest absolute Gasteiger partial charge is 0.140 e. The Bertz CT molecular complexity index is 514. The van der Waals surface area contributed by atoms with Crippen molar-refractivity contribution in [2.75, 3.05) is 18.0 Å². The highest BCUT2D eigenvalue weighted by Gasteiger charge is 2.24. The predicted molar refractivity (Wildman–Crippen MR) is 71.4 cm³/mol. The van der Waals surface area contributed by atoms with Crippen LogP contribution in [0.3, 0.4) is 0 Å². The minimum absolute atomic E-state index is 0.252. The van der Waals surface area contributed by atoms with Gasteiger partial charge in [0, 0.05) is 19.1 Å². The van der Waals surface area contributed by atoms with E-state index in [1.54, 1.807) is 17.7 Å². The average molecular weight is 248 g/mol. The summed E-state index contributed by atoms with van der Waals surface area (Å²) in [7, 11) is 0. The molecule has 2 unspecified atom stereocenters. The molecule has 2 atom stereocenters. The van der Waals surface area contributed by atoms with E-state index in [-0.39, 0.29) is 6.04 Å². The van der Waals surface area contributed by atoms with Crippen LogP contribution in [0.15, 0.2) is 17.8 Å². The summed E-state index contributed by atoms with van der Waals surface area (Å²) in [4.78, 5) is 12.1. The Balaban J connectivity index is 2.00. The van der Waals surface area contributed by atoms with Crippen LogP contribution in [0.2, 0.25) is 0 Å². The molecule has 3 heterocycles. The molecule has 0 saturated carbocycles. The number of thiophene rings is 1. The van der Waals surface area contributed by atoms with Gasteiger partial charge in [-0.25, -0.2) is 9.97 Å². The maximum absolute atomic E-state index is 6.09. The normalized spacial score (nSPS) is 25.4. The average Bonchev–Trinajstić information content (AvgIpc) is 2.75. The number of piperidine rings is 1. The molecule has 0 bridgehead atoms. The number of rotatable bonds is 1. The largest absolute Gasteiger partial charge is 0.354 e. The second kappa shape index (κ2) is 4.23. The van der Waals surface area contributed by atoms with Crippen molar-refractivity contribution < 1.29 is 0 Å². The first kappa shape index (κ1) is 10.9. The fraction of sp³-hybridized carbons (Fsp3) is 0.500. The van der Waals surface area contributed by atoms with Gasteiger partial charge in [0.1, 0.15) is 17.0 Å². The molecule has 5 heteroatoms. The van der Waals surface area contributed by atoms with Gasteiger partial charge in [0.15, 0.2) is 0 Å². The van der Waals surface area contributed by atoms with Crippen LogP contribution < -0.4 is 10.6 Å². The van der Waals surface area contributed by atoms with Crippen LogP contribution in [0, 0.1) is 5.92 Å². The molecule has 2 N–H and O–H groups in total. The van der Waals surface area contributed by atoms with Crippen LogP contribution in [-0.4, -0.2) is 29.1 Å². The lowest BCUT2D eigenvalue weighted by molar-refractivity contribution is 0.400. The van der Waals surface area contributed by atoms with Gasteiger partial charge in [-0.3, -0.25) is 0 Å². The molecule has 1 fully saturated rings. The van der Waals surface area contributed by atoms with Crippen molar-refractivity contribution in [3.63, 3.8) is 0 Å². The summed E-state index contributed by atoms with van der Waals surface area (Å²) < 4.78 is 0. The Kier molecular flexibility index (Phi) is 2.72. The first-order valence-electron chi connectivity index (χ1n) is 5.93. The van der Waals surface area contributed by atoms with Crippen molar-refractivity contribution in [2.24, 2.45) is 11.7 Å². The summed E-state index contributed by atoms with van der Waals surface area (Å²) in [5.41, 5.74) is 6.09. The first-order valence-corrected chi connectivity index (χ1v) is 6.80. The number of nitrogens with two attached hydrogens (primary N) is 1. The highest BCUT2D eigenvalue weighted by molar-refractivity contribution is 7.16. The van der Waals surface area contributed by atoms with Crippen LogP contribution >= 0.6 is 11.3 Å². The molecular formula is C12H16N4S. The third kappa shape index (κ3) is 2.00.